The molecule has 0 aliphatic carbocycles. The van der Waals surface area contributed by atoms with E-state index in [0.29, 0.717) is 43.1 Å². The molecule has 0 amide bonds. The summed E-state index contributed by atoms with van der Waals surface area (Å²) in [7, 11) is -3.64. The Morgan fingerprint density at radius 2 is 0.761 bits per heavy atom. The summed E-state index contributed by atoms with van der Waals surface area (Å²) in [6.07, 6.45) is 43.6. The average Bonchev–Trinajstić information content (AvgIpc) is 3.31. The lowest BCUT2D eigenvalue weighted by molar-refractivity contribution is -0.0476. The second kappa shape index (κ2) is 45.1. The number of benzene rings is 1. The van der Waals surface area contributed by atoms with Gasteiger partial charge in [0.2, 0.25) is 0 Å². The third-order valence-corrected chi connectivity index (χ3v) is 25.0. The van der Waals surface area contributed by atoms with Crippen LogP contribution in [0, 0.1) is 0 Å². The van der Waals surface area contributed by atoms with Crippen molar-refractivity contribution in [2.75, 3.05) is 39.6 Å². The van der Waals surface area contributed by atoms with Gasteiger partial charge in [0, 0.05) is 13.2 Å². The van der Waals surface area contributed by atoms with Crippen LogP contribution in [0.4, 0.5) is 0 Å². The second-order valence-corrected chi connectivity index (χ2v) is 34.7. The lowest BCUT2D eigenvalue weighted by atomic mass is 10.0. The monoisotopic (exact) mass is 1070 g/mol. The Morgan fingerprint density at radius 1 is 0.437 bits per heavy atom. The Hall–Kier alpha value is -0.00623. The van der Waals surface area contributed by atoms with Gasteiger partial charge in [-0.05, 0) is 66.8 Å². The minimum atomic E-state index is -1.86. The molecule has 1 aromatic rings. The molecule has 10 heteroatoms. The first-order valence-electron chi connectivity index (χ1n) is 29.9. The van der Waals surface area contributed by atoms with Gasteiger partial charge in [-0.3, -0.25) is 0 Å². The number of hydrogen-bond acceptors (Lipinski definition) is 6. The molecule has 0 saturated carbocycles. The molecule has 0 fully saturated rings. The fraction of sp³-hybridized carbons (Fsp3) is 0.902. The Morgan fingerprint density at radius 3 is 1.10 bits per heavy atom. The van der Waals surface area contributed by atoms with E-state index in [0.717, 1.165) is 31.6 Å². The second-order valence-electron chi connectivity index (χ2n) is 24.2. The van der Waals surface area contributed by atoms with Crippen molar-refractivity contribution in [3.63, 3.8) is 0 Å². The highest BCUT2D eigenvalue weighted by Crippen LogP contribution is 2.37. The predicted molar refractivity (Wildman–Crippen MR) is 318 cm³/mol. The van der Waals surface area contributed by atoms with Crippen LogP contribution >= 0.6 is 23.2 Å². The van der Waals surface area contributed by atoms with Crippen molar-refractivity contribution in [3.05, 3.63) is 33.8 Å². The average molecular weight is 1080 g/mol. The number of halogens is 2. The highest BCUT2D eigenvalue weighted by atomic mass is 35.5. The highest BCUT2D eigenvalue weighted by Gasteiger charge is 2.38. The van der Waals surface area contributed by atoms with Crippen LogP contribution in [-0.2, 0) is 29.7 Å². The fourth-order valence-electron chi connectivity index (χ4n) is 8.01. The van der Waals surface area contributed by atoms with E-state index < -0.39 is 22.7 Å². The molecule has 2 atom stereocenters. The lowest BCUT2D eigenvalue weighted by Crippen LogP contribution is -2.43. The normalized spacial score (nSPS) is 13.4. The fourth-order valence-corrected chi connectivity index (χ4v) is 10.4. The molecule has 6 nitrogen and oxygen atoms in total. The van der Waals surface area contributed by atoms with Gasteiger partial charge in [-0.2, -0.15) is 0 Å². The van der Waals surface area contributed by atoms with E-state index >= 15 is 0 Å². The quantitative estimate of drug-likeness (QED) is 0.0518. The third-order valence-electron chi connectivity index (χ3n) is 15.2. The summed E-state index contributed by atoms with van der Waals surface area (Å²) in [4.78, 5) is 0. The summed E-state index contributed by atoms with van der Waals surface area (Å²) in [5.41, 5.74) is 1.00. The standard InChI is InChI=1S/C34H62Cl2O3Si.C27H58O3Si/c1-7-8-9-10-11-12-13-14-15-16-17-18-19-20-21-22-25-37-28-31(29-39-40(5,6)34(2,3)4)38-27-30-23-24-32(35)33(36)26-30;1-7-8-9-10-11-12-13-14-15-16-17-18-19-20-21-22-23-29-24-26(28)25-30-31(5,6)27(2,3)4/h23-24,26,31H,7-22,25,27-29H2,1-6H3;26,28H,7-25H2,1-6H3/t31-;26-/m11/s1. The van der Waals surface area contributed by atoms with Gasteiger partial charge in [0.15, 0.2) is 16.6 Å². The summed E-state index contributed by atoms with van der Waals surface area (Å²) < 4.78 is 30.5. The first kappa shape index (κ1) is 71.0. The summed E-state index contributed by atoms with van der Waals surface area (Å²) in [5, 5.41) is 11.5. The zero-order valence-corrected chi connectivity index (χ0v) is 52.7. The molecule has 422 valence electrons. The molecule has 0 heterocycles. The van der Waals surface area contributed by atoms with Gasteiger partial charge in [0.05, 0.1) is 49.2 Å². The molecule has 0 aliphatic heterocycles. The van der Waals surface area contributed by atoms with Crippen molar-refractivity contribution < 1.29 is 28.2 Å². The van der Waals surface area contributed by atoms with E-state index in [9.17, 15) is 5.11 Å². The van der Waals surface area contributed by atoms with Gasteiger partial charge in [-0.25, -0.2) is 0 Å². The van der Waals surface area contributed by atoms with E-state index in [1.807, 2.05) is 18.2 Å². The predicted octanol–water partition coefficient (Wildman–Crippen LogP) is 20.8. The molecule has 71 heavy (non-hydrogen) atoms. The Labute approximate surface area is 454 Å². The molecule has 0 radical (unpaired) electrons. The van der Waals surface area contributed by atoms with Gasteiger partial charge in [-0.1, -0.05) is 277 Å². The molecule has 1 aromatic carbocycles. The molecular weight excluding hydrogens is 956 g/mol. The number of hydrogen-bond donors (Lipinski definition) is 1. The van der Waals surface area contributed by atoms with Crippen LogP contribution < -0.4 is 0 Å². The third kappa shape index (κ3) is 41.8. The molecule has 0 saturated heterocycles. The van der Waals surface area contributed by atoms with Gasteiger partial charge in [0.1, 0.15) is 6.10 Å². The van der Waals surface area contributed by atoms with Crippen LogP contribution in [0.1, 0.15) is 266 Å². The maximum atomic E-state index is 10.1. The number of unbranched alkanes of at least 4 members (excludes halogenated alkanes) is 30. The molecular formula is C61H120Cl2O6Si2. The number of aliphatic hydroxyl groups excluding tert-OH is 1. The van der Waals surface area contributed by atoms with Crippen molar-refractivity contribution in [2.24, 2.45) is 0 Å². The van der Waals surface area contributed by atoms with E-state index in [1.54, 1.807) is 0 Å². The number of aliphatic hydroxyl groups is 1. The van der Waals surface area contributed by atoms with Crippen LogP contribution in [0.5, 0.6) is 0 Å². The van der Waals surface area contributed by atoms with E-state index in [2.05, 4.69) is 81.6 Å². The number of ether oxygens (including phenoxy) is 3. The van der Waals surface area contributed by atoms with Crippen molar-refractivity contribution in [1.82, 2.24) is 0 Å². The zero-order valence-electron chi connectivity index (χ0n) is 49.2. The van der Waals surface area contributed by atoms with Crippen molar-refractivity contribution in [3.8, 4) is 0 Å². The zero-order chi connectivity index (χ0) is 53.1. The smallest absolute Gasteiger partial charge is 0.192 e. The molecule has 0 bridgehead atoms. The van der Waals surface area contributed by atoms with Crippen molar-refractivity contribution in [1.29, 1.82) is 0 Å². The molecule has 0 aliphatic rings. The maximum absolute atomic E-state index is 10.1. The largest absolute Gasteiger partial charge is 0.414 e. The minimum Gasteiger partial charge on any atom is -0.414 e. The molecule has 1 rings (SSSR count). The van der Waals surface area contributed by atoms with Gasteiger partial charge >= 0.3 is 0 Å². The van der Waals surface area contributed by atoms with Gasteiger partial charge in [0.25, 0.3) is 0 Å². The first-order chi connectivity index (χ1) is 33.8. The van der Waals surface area contributed by atoms with E-state index in [4.69, 9.17) is 46.3 Å². The summed E-state index contributed by atoms with van der Waals surface area (Å²) >= 11 is 12.3. The van der Waals surface area contributed by atoms with Crippen molar-refractivity contribution in [2.45, 2.75) is 316 Å². The minimum absolute atomic E-state index is 0.107. The summed E-state index contributed by atoms with van der Waals surface area (Å²) in [5.74, 6) is 0. The Balaban J connectivity index is 0.00000143. The molecule has 0 aromatic heterocycles. The van der Waals surface area contributed by atoms with Crippen LogP contribution in [0.15, 0.2) is 18.2 Å². The van der Waals surface area contributed by atoms with Crippen LogP contribution in [0.2, 0.25) is 46.3 Å². The van der Waals surface area contributed by atoms with Crippen molar-refractivity contribution >= 4 is 39.8 Å². The van der Waals surface area contributed by atoms with Crippen LogP contribution in [-0.4, -0.2) is 73.6 Å². The maximum Gasteiger partial charge on any atom is 0.192 e. The lowest BCUT2D eigenvalue weighted by Gasteiger charge is -2.37. The van der Waals surface area contributed by atoms with Gasteiger partial charge in [-0.15, -0.1) is 0 Å². The molecule has 0 unspecified atom stereocenters. The SMILES string of the molecule is CCCCCCCCCCCCCCCCCCOC[C@@H](O)CO[Si](C)(C)C(C)(C)C.CCCCCCCCCCCCCCCCCCOC[C@H](CO[Si](C)(C)C(C)(C)C)OCc1ccc(Cl)c(Cl)c1. The Kier molecular flexibility index (Phi) is 45.1. The van der Waals surface area contributed by atoms with Crippen LogP contribution in [0.3, 0.4) is 0 Å². The molecule has 1 N–H and O–H groups in total. The van der Waals surface area contributed by atoms with E-state index in [1.165, 1.54) is 193 Å². The highest BCUT2D eigenvalue weighted by molar-refractivity contribution is 6.74. The Bertz CT molecular complexity index is 1320. The number of rotatable bonds is 47. The summed E-state index contributed by atoms with van der Waals surface area (Å²) in [6, 6.07) is 5.64. The summed E-state index contributed by atoms with van der Waals surface area (Å²) in [6.45, 7) is 30.9. The topological polar surface area (TPSA) is 66.4 Å². The molecule has 0 spiro atoms. The van der Waals surface area contributed by atoms with Crippen LogP contribution in [0.25, 0.3) is 0 Å². The van der Waals surface area contributed by atoms with E-state index in [-0.39, 0.29) is 16.2 Å². The first-order valence-corrected chi connectivity index (χ1v) is 36.5. The van der Waals surface area contributed by atoms with Gasteiger partial charge < -0.3 is 28.2 Å².